The van der Waals surface area contributed by atoms with Gasteiger partial charge < -0.3 is 14.8 Å². The second-order valence-corrected chi connectivity index (χ2v) is 7.29. The molecular weight excluding hydrogens is 376 g/mol. The Hall–Kier alpha value is -2.82. The number of hydrogen-bond acceptors (Lipinski definition) is 6. The van der Waals surface area contributed by atoms with Gasteiger partial charge >= 0.3 is 5.97 Å². The van der Waals surface area contributed by atoms with Crippen molar-refractivity contribution >= 4 is 29.3 Å². The predicted molar refractivity (Wildman–Crippen MR) is 106 cm³/mol. The summed E-state index contributed by atoms with van der Waals surface area (Å²) in [4.78, 5) is 25.3. The number of nitrogens with one attached hydrogen (secondary N) is 1. The molecule has 1 atom stereocenters. The van der Waals surface area contributed by atoms with E-state index < -0.39 is 18.5 Å². The molecule has 0 bridgehead atoms. The second-order valence-electron chi connectivity index (χ2n) is 6.22. The van der Waals surface area contributed by atoms with Crippen LogP contribution in [0.3, 0.4) is 0 Å². The fraction of sp³-hybridized carbons (Fsp3) is 0.286. The van der Waals surface area contributed by atoms with Gasteiger partial charge in [-0.1, -0.05) is 24.3 Å². The molecule has 1 aliphatic heterocycles. The number of ether oxygens (including phenoxy) is 2. The summed E-state index contributed by atoms with van der Waals surface area (Å²) < 4.78 is 10.8. The van der Waals surface area contributed by atoms with Crippen LogP contribution in [0.5, 0.6) is 0 Å². The molecule has 1 N–H and O–H groups in total. The Kier molecular flexibility index (Phi) is 7.06. The van der Waals surface area contributed by atoms with Crippen molar-refractivity contribution in [3.63, 3.8) is 0 Å². The van der Waals surface area contributed by atoms with E-state index in [1.54, 1.807) is 48.2 Å². The maximum absolute atomic E-state index is 12.4. The van der Waals surface area contributed by atoms with Crippen molar-refractivity contribution in [2.75, 3.05) is 24.3 Å². The maximum Gasteiger partial charge on any atom is 0.339 e. The lowest BCUT2D eigenvalue weighted by Gasteiger charge is -2.12. The number of nitriles is 1. The van der Waals surface area contributed by atoms with Gasteiger partial charge in [-0.05, 0) is 37.1 Å². The highest BCUT2D eigenvalue weighted by Crippen LogP contribution is 2.27. The fourth-order valence-electron chi connectivity index (χ4n) is 2.80. The fourth-order valence-corrected chi connectivity index (χ4v) is 3.91. The quantitative estimate of drug-likeness (QED) is 0.568. The number of hydrogen-bond donors (Lipinski definition) is 1. The van der Waals surface area contributed by atoms with Gasteiger partial charge in [-0.2, -0.15) is 5.26 Å². The van der Waals surface area contributed by atoms with Crippen molar-refractivity contribution in [3.05, 3.63) is 59.7 Å². The van der Waals surface area contributed by atoms with Crippen LogP contribution in [0.25, 0.3) is 0 Å². The summed E-state index contributed by atoms with van der Waals surface area (Å²) in [5.74, 6) is -0.282. The lowest BCUT2D eigenvalue weighted by molar-refractivity contribution is -0.119. The molecular formula is C21H20N2O4S. The minimum Gasteiger partial charge on any atom is -0.452 e. The van der Waals surface area contributed by atoms with Crippen molar-refractivity contribution in [2.24, 2.45) is 0 Å². The zero-order valence-corrected chi connectivity index (χ0v) is 16.0. The van der Waals surface area contributed by atoms with Crippen molar-refractivity contribution < 1.29 is 19.1 Å². The molecule has 144 valence electrons. The molecule has 0 spiro atoms. The molecule has 28 heavy (non-hydrogen) atoms. The zero-order valence-electron chi connectivity index (χ0n) is 15.2. The minimum atomic E-state index is -0.556. The van der Waals surface area contributed by atoms with Crippen LogP contribution in [-0.4, -0.2) is 36.9 Å². The standard InChI is InChI=1S/C21H20N2O4S/c22-12-15-6-1-3-9-18(15)23-20(24)13-27-21(25)17-8-2-4-10-19(17)28-14-16-7-5-11-26-16/h1-4,6,8-10,16H,5,7,11,13-14H2,(H,23,24)/t16-/m0/s1. The number of para-hydroxylation sites is 1. The molecule has 7 heteroatoms. The van der Waals surface area contributed by atoms with E-state index in [-0.39, 0.29) is 6.10 Å². The molecule has 1 aliphatic rings. The SMILES string of the molecule is N#Cc1ccccc1NC(=O)COC(=O)c1ccccc1SC[C@@H]1CCCO1. The summed E-state index contributed by atoms with van der Waals surface area (Å²) in [6.45, 7) is 0.363. The van der Waals surface area contributed by atoms with Crippen LogP contribution >= 0.6 is 11.8 Å². The number of benzene rings is 2. The topological polar surface area (TPSA) is 88.4 Å². The number of rotatable bonds is 7. The van der Waals surface area contributed by atoms with E-state index >= 15 is 0 Å². The van der Waals surface area contributed by atoms with Crippen LogP contribution in [0, 0.1) is 11.3 Å². The van der Waals surface area contributed by atoms with Gasteiger partial charge in [0.05, 0.1) is 22.9 Å². The molecule has 0 unspecified atom stereocenters. The first-order chi connectivity index (χ1) is 13.7. The lowest BCUT2D eigenvalue weighted by Crippen LogP contribution is -2.21. The van der Waals surface area contributed by atoms with Gasteiger partial charge in [-0.25, -0.2) is 4.79 Å². The van der Waals surface area contributed by atoms with E-state index in [9.17, 15) is 9.59 Å². The van der Waals surface area contributed by atoms with E-state index in [1.807, 2.05) is 18.2 Å². The lowest BCUT2D eigenvalue weighted by atomic mass is 10.2. The molecule has 1 heterocycles. The largest absolute Gasteiger partial charge is 0.452 e. The summed E-state index contributed by atoms with van der Waals surface area (Å²) in [6.07, 6.45) is 2.31. The van der Waals surface area contributed by atoms with Crippen LogP contribution in [0.2, 0.25) is 0 Å². The van der Waals surface area contributed by atoms with Gasteiger partial charge in [0.25, 0.3) is 5.91 Å². The predicted octanol–water partition coefficient (Wildman–Crippen LogP) is 3.62. The van der Waals surface area contributed by atoms with Crippen LogP contribution in [-0.2, 0) is 14.3 Å². The molecule has 1 amide bonds. The maximum atomic E-state index is 12.4. The average molecular weight is 396 g/mol. The van der Waals surface area contributed by atoms with Gasteiger partial charge in [-0.15, -0.1) is 11.8 Å². The van der Waals surface area contributed by atoms with Gasteiger partial charge in [0.2, 0.25) is 0 Å². The molecule has 1 fully saturated rings. The third-order valence-electron chi connectivity index (χ3n) is 4.21. The minimum absolute atomic E-state index is 0.208. The Morgan fingerprint density at radius 2 is 2.00 bits per heavy atom. The molecule has 2 aromatic rings. The Labute approximate surface area is 167 Å². The highest BCUT2D eigenvalue weighted by molar-refractivity contribution is 7.99. The number of amides is 1. The third-order valence-corrected chi connectivity index (χ3v) is 5.42. The average Bonchev–Trinajstić information content (AvgIpc) is 3.25. The Morgan fingerprint density at radius 3 is 2.79 bits per heavy atom. The van der Waals surface area contributed by atoms with Gasteiger partial charge in [0.15, 0.2) is 6.61 Å². The van der Waals surface area contributed by atoms with Crippen LogP contribution in [0.4, 0.5) is 5.69 Å². The van der Waals surface area contributed by atoms with E-state index in [2.05, 4.69) is 5.32 Å². The van der Waals surface area contributed by atoms with Crippen molar-refractivity contribution in [1.82, 2.24) is 0 Å². The number of carbonyl (C=O) groups excluding carboxylic acids is 2. The molecule has 1 saturated heterocycles. The van der Waals surface area contributed by atoms with Crippen LogP contribution in [0.15, 0.2) is 53.4 Å². The van der Waals surface area contributed by atoms with Crippen LogP contribution in [0.1, 0.15) is 28.8 Å². The summed E-state index contributed by atoms with van der Waals surface area (Å²) in [7, 11) is 0. The highest BCUT2D eigenvalue weighted by atomic mass is 32.2. The Bertz CT molecular complexity index is 888. The van der Waals surface area contributed by atoms with Gasteiger partial charge in [0, 0.05) is 17.3 Å². The van der Waals surface area contributed by atoms with E-state index in [0.29, 0.717) is 16.8 Å². The van der Waals surface area contributed by atoms with Crippen molar-refractivity contribution in [2.45, 2.75) is 23.8 Å². The summed E-state index contributed by atoms with van der Waals surface area (Å²) in [5.41, 5.74) is 1.16. The van der Waals surface area contributed by atoms with Gasteiger partial charge in [-0.3, -0.25) is 4.79 Å². The van der Waals surface area contributed by atoms with Crippen molar-refractivity contribution in [3.8, 4) is 6.07 Å². The Balaban J connectivity index is 1.55. The number of esters is 1. The zero-order chi connectivity index (χ0) is 19.8. The third kappa shape index (κ3) is 5.35. The summed E-state index contributed by atoms with van der Waals surface area (Å²) >= 11 is 1.55. The summed E-state index contributed by atoms with van der Waals surface area (Å²) in [6, 6.07) is 15.8. The first-order valence-electron chi connectivity index (χ1n) is 8.97. The molecule has 0 aliphatic carbocycles. The molecule has 6 nitrogen and oxygen atoms in total. The number of nitrogens with zero attached hydrogens (tertiary/aromatic N) is 1. The summed E-state index contributed by atoms with van der Waals surface area (Å²) in [5, 5.41) is 11.6. The smallest absolute Gasteiger partial charge is 0.339 e. The Morgan fingerprint density at radius 1 is 1.21 bits per heavy atom. The number of carbonyl (C=O) groups is 2. The van der Waals surface area contributed by atoms with Crippen LogP contribution < -0.4 is 5.32 Å². The second kappa shape index (κ2) is 9.93. The van der Waals surface area contributed by atoms with Crippen molar-refractivity contribution in [1.29, 1.82) is 5.26 Å². The molecule has 2 aromatic carbocycles. The molecule has 0 saturated carbocycles. The number of anilines is 1. The number of thioether (sulfide) groups is 1. The first kappa shape index (κ1) is 19.9. The molecule has 3 rings (SSSR count). The van der Waals surface area contributed by atoms with Gasteiger partial charge in [0.1, 0.15) is 6.07 Å². The van der Waals surface area contributed by atoms with E-state index in [4.69, 9.17) is 14.7 Å². The monoisotopic (exact) mass is 396 g/mol. The normalized spacial score (nSPS) is 15.6. The molecule has 0 radical (unpaired) electrons. The molecule has 0 aromatic heterocycles. The van der Waals surface area contributed by atoms with E-state index in [0.717, 1.165) is 30.1 Å². The highest BCUT2D eigenvalue weighted by Gasteiger charge is 2.19. The first-order valence-corrected chi connectivity index (χ1v) is 9.95. The van der Waals surface area contributed by atoms with E-state index in [1.165, 1.54) is 0 Å².